The molecule has 0 aliphatic carbocycles. The molecule has 3 aromatic heterocycles. The molecule has 4 aromatic rings. The van der Waals surface area contributed by atoms with Crippen molar-refractivity contribution in [2.24, 2.45) is 5.73 Å². The summed E-state index contributed by atoms with van der Waals surface area (Å²) in [6.07, 6.45) is 0.569. The summed E-state index contributed by atoms with van der Waals surface area (Å²) in [5.74, 6) is -0.570. The topological polar surface area (TPSA) is 232 Å². The summed E-state index contributed by atoms with van der Waals surface area (Å²) in [6, 6.07) is 5.98. The standard InChI is InChI=1S/C25H30N12O4S2/c1-13-6-18-19(10-28-13)42-24(31-18)25(39)37-5-4-36(12-16(37)9-21(38)29-11-20-32-34-35-33-20)43(40,41)22-8-14-2-3-15(23(26)27)7-17(14)30-22/h2-3,7-8,13,16,28,30H,4-6,9-12H2,1H3,(H3,26,27)(H,29,38)(H,32,33,34,35). The molecule has 0 bridgehead atoms. The summed E-state index contributed by atoms with van der Waals surface area (Å²) >= 11 is 1.32. The number of piperazine rings is 1. The number of carbonyl (C=O) groups is 2. The minimum Gasteiger partial charge on any atom is -0.384 e. The number of H-pyrrole nitrogens is 2. The number of tetrazole rings is 1. The first kappa shape index (κ1) is 28.8. The lowest BCUT2D eigenvalue weighted by molar-refractivity contribution is -0.122. The number of aromatic nitrogens is 6. The average Bonchev–Trinajstić information content (AvgIpc) is 3.75. The minimum atomic E-state index is -4.03. The van der Waals surface area contributed by atoms with Crippen molar-refractivity contribution in [3.63, 3.8) is 0 Å². The molecule has 7 N–H and O–H groups in total. The van der Waals surface area contributed by atoms with Crippen molar-refractivity contribution in [3.8, 4) is 0 Å². The molecule has 1 aromatic carbocycles. The zero-order chi connectivity index (χ0) is 30.3. The average molecular weight is 627 g/mol. The molecular weight excluding hydrogens is 596 g/mol. The fourth-order valence-electron chi connectivity index (χ4n) is 5.28. The van der Waals surface area contributed by atoms with Gasteiger partial charge < -0.3 is 26.3 Å². The van der Waals surface area contributed by atoms with Crippen LogP contribution in [0.3, 0.4) is 0 Å². The predicted molar refractivity (Wildman–Crippen MR) is 156 cm³/mol. The Morgan fingerprint density at radius 3 is 2.86 bits per heavy atom. The SMILES string of the molecule is CC1Cc2nc(C(=O)N3CCN(S(=O)(=O)c4cc5ccc(C(=N)N)cc5[nH]4)CC3CC(=O)NCc3nn[nH]n3)sc2CN1. The van der Waals surface area contributed by atoms with Crippen LogP contribution in [0.5, 0.6) is 0 Å². The Labute approximate surface area is 250 Å². The molecule has 0 radical (unpaired) electrons. The number of sulfonamides is 1. The van der Waals surface area contributed by atoms with Crippen LogP contribution in [-0.2, 0) is 34.3 Å². The molecule has 2 aliphatic heterocycles. The number of aromatic amines is 2. The van der Waals surface area contributed by atoms with E-state index in [1.165, 1.54) is 21.7 Å². The van der Waals surface area contributed by atoms with E-state index < -0.39 is 22.0 Å². The molecule has 2 aliphatic rings. The van der Waals surface area contributed by atoms with Crippen LogP contribution in [0.1, 0.15) is 45.1 Å². The molecule has 18 heteroatoms. The number of thiazole rings is 1. The number of amides is 2. The number of benzene rings is 1. The van der Waals surface area contributed by atoms with Gasteiger partial charge in [0.1, 0.15) is 10.9 Å². The zero-order valence-corrected chi connectivity index (χ0v) is 24.8. The van der Waals surface area contributed by atoms with Gasteiger partial charge in [-0.1, -0.05) is 17.3 Å². The highest BCUT2D eigenvalue weighted by molar-refractivity contribution is 7.89. The monoisotopic (exact) mass is 626 g/mol. The number of fused-ring (bicyclic) bond motifs is 2. The van der Waals surface area contributed by atoms with Crippen molar-refractivity contribution in [2.45, 2.75) is 50.0 Å². The minimum absolute atomic E-state index is 0.0275. The van der Waals surface area contributed by atoms with Crippen LogP contribution in [0.2, 0.25) is 0 Å². The number of amidine groups is 1. The Morgan fingerprint density at radius 2 is 2.09 bits per heavy atom. The molecule has 2 atom stereocenters. The maximum atomic E-state index is 13.8. The molecule has 5 heterocycles. The molecule has 43 heavy (non-hydrogen) atoms. The van der Waals surface area contributed by atoms with Crippen molar-refractivity contribution >= 4 is 49.9 Å². The number of nitrogens with two attached hydrogens (primary N) is 1. The Hall–Kier alpha value is -4.26. The van der Waals surface area contributed by atoms with E-state index >= 15 is 0 Å². The van der Waals surface area contributed by atoms with Crippen LogP contribution in [-0.4, -0.2) is 97.6 Å². The Kier molecular flexibility index (Phi) is 7.67. The van der Waals surface area contributed by atoms with Crippen molar-refractivity contribution < 1.29 is 18.0 Å². The Balaban J connectivity index is 1.25. The molecule has 0 spiro atoms. The van der Waals surface area contributed by atoms with Crippen molar-refractivity contribution in [1.82, 2.24) is 50.4 Å². The summed E-state index contributed by atoms with van der Waals surface area (Å²) in [5.41, 5.74) is 7.47. The molecule has 0 saturated carbocycles. The number of nitrogens with zero attached hydrogens (tertiary/aromatic N) is 6. The van der Waals surface area contributed by atoms with E-state index in [9.17, 15) is 18.0 Å². The van der Waals surface area contributed by atoms with Crippen LogP contribution in [0.25, 0.3) is 10.9 Å². The molecule has 1 saturated heterocycles. The first-order chi connectivity index (χ1) is 20.6. The third-order valence-corrected chi connectivity index (χ3v) is 10.4. The Morgan fingerprint density at radius 1 is 1.26 bits per heavy atom. The highest BCUT2D eigenvalue weighted by Gasteiger charge is 2.39. The van der Waals surface area contributed by atoms with Crippen molar-refractivity contribution in [3.05, 3.63) is 51.2 Å². The molecule has 1 fully saturated rings. The molecular formula is C25H30N12O4S2. The number of nitrogens with one attached hydrogen (secondary N) is 5. The van der Waals surface area contributed by atoms with Gasteiger partial charge in [0.25, 0.3) is 15.9 Å². The largest absolute Gasteiger partial charge is 0.384 e. The highest BCUT2D eigenvalue weighted by Crippen LogP contribution is 2.28. The van der Waals surface area contributed by atoms with Crippen LogP contribution in [0.4, 0.5) is 0 Å². The van der Waals surface area contributed by atoms with E-state index in [1.54, 1.807) is 23.1 Å². The summed E-state index contributed by atoms with van der Waals surface area (Å²) in [5, 5.41) is 28.1. The predicted octanol–water partition coefficient (Wildman–Crippen LogP) is -0.322. The van der Waals surface area contributed by atoms with Crippen LogP contribution >= 0.6 is 11.3 Å². The third-order valence-electron chi connectivity index (χ3n) is 7.56. The van der Waals surface area contributed by atoms with E-state index in [2.05, 4.69) is 48.1 Å². The molecule has 16 nitrogen and oxygen atoms in total. The van der Waals surface area contributed by atoms with E-state index in [4.69, 9.17) is 11.1 Å². The fraction of sp³-hybridized carbons (Fsp3) is 0.400. The van der Waals surface area contributed by atoms with E-state index in [-0.39, 0.29) is 61.2 Å². The van der Waals surface area contributed by atoms with Crippen LogP contribution < -0.4 is 16.4 Å². The van der Waals surface area contributed by atoms with Gasteiger partial charge in [0.15, 0.2) is 10.8 Å². The summed E-state index contributed by atoms with van der Waals surface area (Å²) in [4.78, 5) is 36.8. The van der Waals surface area contributed by atoms with Gasteiger partial charge in [-0.15, -0.1) is 21.5 Å². The second kappa shape index (κ2) is 11.4. The van der Waals surface area contributed by atoms with E-state index in [0.717, 1.165) is 10.6 Å². The van der Waals surface area contributed by atoms with Gasteiger partial charge in [0.2, 0.25) is 5.91 Å². The summed E-state index contributed by atoms with van der Waals surface area (Å²) in [7, 11) is -4.03. The summed E-state index contributed by atoms with van der Waals surface area (Å²) in [6.45, 7) is 2.73. The maximum Gasteiger partial charge on any atom is 0.283 e. The number of nitrogen functional groups attached to an aromatic ring is 1. The molecule has 2 amide bonds. The van der Waals surface area contributed by atoms with Gasteiger partial charge in [-0.25, -0.2) is 13.4 Å². The van der Waals surface area contributed by atoms with E-state index in [1.807, 2.05) is 0 Å². The second-order valence-corrected chi connectivity index (χ2v) is 13.5. The van der Waals surface area contributed by atoms with Gasteiger partial charge in [0.05, 0.1) is 18.3 Å². The highest BCUT2D eigenvalue weighted by atomic mass is 32.2. The van der Waals surface area contributed by atoms with Gasteiger partial charge in [-0.3, -0.25) is 15.0 Å². The number of hydrogen-bond donors (Lipinski definition) is 6. The van der Waals surface area contributed by atoms with E-state index in [0.29, 0.717) is 34.4 Å². The lowest BCUT2D eigenvalue weighted by Crippen LogP contribution is -2.57. The normalized spacial score (nSPS) is 19.3. The third kappa shape index (κ3) is 5.85. The van der Waals surface area contributed by atoms with Gasteiger partial charge in [-0.2, -0.15) is 9.52 Å². The van der Waals surface area contributed by atoms with Crippen molar-refractivity contribution in [2.75, 3.05) is 19.6 Å². The van der Waals surface area contributed by atoms with Gasteiger partial charge in [-0.05, 0) is 19.1 Å². The van der Waals surface area contributed by atoms with Gasteiger partial charge in [0, 0.05) is 66.4 Å². The number of carbonyl (C=O) groups excluding carboxylic acids is 2. The summed E-state index contributed by atoms with van der Waals surface area (Å²) < 4.78 is 28.8. The quantitative estimate of drug-likeness (QED) is 0.110. The first-order valence-corrected chi connectivity index (χ1v) is 15.8. The number of hydrogen-bond acceptors (Lipinski definition) is 11. The van der Waals surface area contributed by atoms with Crippen LogP contribution in [0.15, 0.2) is 29.3 Å². The van der Waals surface area contributed by atoms with Crippen molar-refractivity contribution in [1.29, 1.82) is 5.41 Å². The molecule has 226 valence electrons. The first-order valence-electron chi connectivity index (χ1n) is 13.6. The van der Waals surface area contributed by atoms with Gasteiger partial charge >= 0.3 is 0 Å². The lowest BCUT2D eigenvalue weighted by atomic mass is 10.1. The number of rotatable bonds is 8. The Bertz CT molecular complexity index is 1800. The second-order valence-electron chi connectivity index (χ2n) is 10.5. The smallest absolute Gasteiger partial charge is 0.283 e. The molecule has 6 rings (SSSR count). The van der Waals surface area contributed by atoms with Crippen LogP contribution in [0, 0.1) is 5.41 Å². The lowest BCUT2D eigenvalue weighted by Gasteiger charge is -2.40. The zero-order valence-electron chi connectivity index (χ0n) is 23.1. The molecule has 2 unspecified atom stereocenters. The fourth-order valence-corrected chi connectivity index (χ4v) is 7.76. The maximum absolute atomic E-state index is 13.8.